The molecule has 0 saturated heterocycles. The summed E-state index contributed by atoms with van der Waals surface area (Å²) in [5, 5.41) is 0. The van der Waals surface area contributed by atoms with Gasteiger partial charge in [0.25, 0.3) is 0 Å². The Kier molecular flexibility index (Phi) is 28.8. The summed E-state index contributed by atoms with van der Waals surface area (Å²) < 4.78 is 26.1. The van der Waals surface area contributed by atoms with E-state index < -0.39 is 32.5 Å². The molecule has 1 atom stereocenters. The van der Waals surface area contributed by atoms with Crippen molar-refractivity contribution in [1.29, 1.82) is 0 Å². The fourth-order valence-electron chi connectivity index (χ4n) is 3.90. The number of ether oxygens (including phenoxy) is 2. The number of carbonyl (C=O) groups excluding carboxylic acids is 2. The summed E-state index contributed by atoms with van der Waals surface area (Å²) in [6, 6.07) is 0. The van der Waals surface area contributed by atoms with Gasteiger partial charge in [0.05, 0.1) is 6.61 Å². The molecular formula is C35H57O8P. The van der Waals surface area contributed by atoms with Crippen LogP contribution in [0.4, 0.5) is 0 Å². The van der Waals surface area contributed by atoms with E-state index in [0.717, 1.165) is 38.5 Å². The van der Waals surface area contributed by atoms with Crippen LogP contribution in [0.3, 0.4) is 0 Å². The van der Waals surface area contributed by atoms with Crippen molar-refractivity contribution < 1.29 is 37.9 Å². The van der Waals surface area contributed by atoms with Crippen molar-refractivity contribution in [2.75, 3.05) is 13.2 Å². The van der Waals surface area contributed by atoms with Crippen LogP contribution < -0.4 is 0 Å². The summed E-state index contributed by atoms with van der Waals surface area (Å²) >= 11 is 0. The van der Waals surface area contributed by atoms with E-state index in [2.05, 4.69) is 42.7 Å². The van der Waals surface area contributed by atoms with Gasteiger partial charge in [-0.2, -0.15) is 0 Å². The fourth-order valence-corrected chi connectivity index (χ4v) is 4.26. The van der Waals surface area contributed by atoms with Gasteiger partial charge in [-0.1, -0.05) is 125 Å². The van der Waals surface area contributed by atoms with E-state index >= 15 is 0 Å². The van der Waals surface area contributed by atoms with Gasteiger partial charge in [-0.25, -0.2) is 4.57 Å². The maximum Gasteiger partial charge on any atom is 0.469 e. The molecule has 0 aliphatic heterocycles. The van der Waals surface area contributed by atoms with Crippen LogP contribution in [-0.4, -0.2) is 41.0 Å². The second-order valence-corrected chi connectivity index (χ2v) is 11.7. The van der Waals surface area contributed by atoms with Gasteiger partial charge in [-0.15, -0.1) is 0 Å². The Morgan fingerprint density at radius 2 is 1.23 bits per heavy atom. The number of phosphoric ester groups is 1. The molecule has 1 unspecified atom stereocenters. The zero-order valence-electron chi connectivity index (χ0n) is 27.0. The number of allylic oxidation sites excluding steroid dienone is 12. The molecule has 2 N–H and O–H groups in total. The summed E-state index contributed by atoms with van der Waals surface area (Å²) in [5.74, 6) is -1.02. The summed E-state index contributed by atoms with van der Waals surface area (Å²) in [4.78, 5) is 42.4. The van der Waals surface area contributed by atoms with Crippen LogP contribution in [0.5, 0.6) is 0 Å². The molecule has 0 aromatic carbocycles. The van der Waals surface area contributed by atoms with E-state index in [1.807, 2.05) is 48.6 Å². The average Bonchev–Trinajstić information content (AvgIpc) is 2.98. The van der Waals surface area contributed by atoms with Crippen LogP contribution in [0.15, 0.2) is 72.9 Å². The molecule has 0 rings (SSSR count). The Morgan fingerprint density at radius 3 is 1.91 bits per heavy atom. The van der Waals surface area contributed by atoms with Crippen molar-refractivity contribution in [3.05, 3.63) is 72.9 Å². The molecule has 0 radical (unpaired) electrons. The molecule has 0 aromatic heterocycles. The Balaban J connectivity index is 4.22. The monoisotopic (exact) mass is 636 g/mol. The second kappa shape index (κ2) is 30.5. The maximum atomic E-state index is 12.3. The predicted octanol–water partition coefficient (Wildman–Crippen LogP) is 9.17. The molecule has 9 heteroatoms. The van der Waals surface area contributed by atoms with E-state index in [1.54, 1.807) is 0 Å². The van der Waals surface area contributed by atoms with E-state index in [4.69, 9.17) is 19.3 Å². The molecule has 0 heterocycles. The normalized spacial score (nSPS) is 13.5. The summed E-state index contributed by atoms with van der Waals surface area (Å²) in [6.45, 7) is 3.40. The molecule has 0 aliphatic rings. The quantitative estimate of drug-likeness (QED) is 0.0287. The minimum atomic E-state index is -4.77. The molecule has 250 valence electrons. The highest BCUT2D eigenvalue weighted by molar-refractivity contribution is 7.46. The maximum absolute atomic E-state index is 12.3. The predicted molar refractivity (Wildman–Crippen MR) is 179 cm³/mol. The van der Waals surface area contributed by atoms with Crippen molar-refractivity contribution in [3.8, 4) is 0 Å². The molecule has 0 saturated carbocycles. The van der Waals surface area contributed by atoms with Crippen molar-refractivity contribution in [2.45, 2.75) is 123 Å². The highest BCUT2D eigenvalue weighted by atomic mass is 31.2. The van der Waals surface area contributed by atoms with E-state index in [9.17, 15) is 14.2 Å². The van der Waals surface area contributed by atoms with Gasteiger partial charge >= 0.3 is 19.8 Å². The van der Waals surface area contributed by atoms with Crippen molar-refractivity contribution in [2.24, 2.45) is 0 Å². The molecule has 0 bridgehead atoms. The van der Waals surface area contributed by atoms with Crippen LogP contribution >= 0.6 is 7.82 Å². The van der Waals surface area contributed by atoms with Crippen molar-refractivity contribution in [3.63, 3.8) is 0 Å². The van der Waals surface area contributed by atoms with E-state index in [1.165, 1.54) is 38.5 Å². The number of rotatable bonds is 28. The molecule has 0 aliphatic carbocycles. The van der Waals surface area contributed by atoms with Gasteiger partial charge in [0, 0.05) is 12.8 Å². The van der Waals surface area contributed by atoms with Gasteiger partial charge in [0.2, 0.25) is 0 Å². The number of esters is 2. The first kappa shape index (κ1) is 41.5. The van der Waals surface area contributed by atoms with E-state index in [0.29, 0.717) is 12.8 Å². The van der Waals surface area contributed by atoms with Crippen molar-refractivity contribution >= 4 is 19.8 Å². The van der Waals surface area contributed by atoms with Gasteiger partial charge in [0.15, 0.2) is 6.10 Å². The molecule has 44 heavy (non-hydrogen) atoms. The van der Waals surface area contributed by atoms with Gasteiger partial charge < -0.3 is 19.3 Å². The van der Waals surface area contributed by atoms with Crippen LogP contribution in [0.1, 0.15) is 117 Å². The molecule has 0 aromatic rings. The largest absolute Gasteiger partial charge is 0.469 e. The van der Waals surface area contributed by atoms with Gasteiger partial charge in [-0.3, -0.25) is 14.1 Å². The smallest absolute Gasteiger partial charge is 0.462 e. The van der Waals surface area contributed by atoms with Gasteiger partial charge in [0.1, 0.15) is 6.61 Å². The third-order valence-corrected chi connectivity index (χ3v) is 6.80. The minimum Gasteiger partial charge on any atom is -0.462 e. The summed E-state index contributed by atoms with van der Waals surface area (Å²) in [5.41, 5.74) is 0. The summed E-state index contributed by atoms with van der Waals surface area (Å²) in [7, 11) is -4.77. The number of unbranched alkanes of at least 4 members (excludes halogenated alkanes) is 9. The summed E-state index contributed by atoms with van der Waals surface area (Å²) in [6.07, 6.45) is 37.9. The molecule has 0 amide bonds. The zero-order chi connectivity index (χ0) is 32.6. The first-order valence-electron chi connectivity index (χ1n) is 16.3. The number of carbonyl (C=O) groups is 2. The Labute approximate surface area is 266 Å². The van der Waals surface area contributed by atoms with Crippen LogP contribution in [-0.2, 0) is 28.2 Å². The number of hydrogen-bond acceptors (Lipinski definition) is 6. The Hall–Kier alpha value is -2.51. The molecule has 0 spiro atoms. The topological polar surface area (TPSA) is 119 Å². The molecular weight excluding hydrogens is 579 g/mol. The lowest BCUT2D eigenvalue weighted by molar-refractivity contribution is -0.161. The highest BCUT2D eigenvalue weighted by Crippen LogP contribution is 2.35. The number of phosphoric acid groups is 1. The fraction of sp³-hybridized carbons (Fsp3) is 0.600. The zero-order valence-corrected chi connectivity index (χ0v) is 27.9. The number of hydrogen-bond donors (Lipinski definition) is 2. The second-order valence-electron chi connectivity index (χ2n) is 10.5. The Bertz CT molecular complexity index is 942. The highest BCUT2D eigenvalue weighted by Gasteiger charge is 2.22. The average molecular weight is 637 g/mol. The molecule has 0 fully saturated rings. The molecule has 8 nitrogen and oxygen atoms in total. The van der Waals surface area contributed by atoms with E-state index in [-0.39, 0.29) is 19.4 Å². The van der Waals surface area contributed by atoms with Crippen molar-refractivity contribution in [1.82, 2.24) is 0 Å². The van der Waals surface area contributed by atoms with Gasteiger partial charge in [-0.05, 0) is 51.4 Å². The third-order valence-electron chi connectivity index (χ3n) is 6.32. The van der Waals surface area contributed by atoms with Crippen LogP contribution in [0.2, 0.25) is 0 Å². The lowest BCUT2D eigenvalue weighted by Crippen LogP contribution is -2.29. The van der Waals surface area contributed by atoms with Crippen LogP contribution in [0.25, 0.3) is 0 Å². The lowest BCUT2D eigenvalue weighted by atomic mass is 10.1. The SMILES string of the molecule is CC/C=C/C=C/C=C/C=C/CCCCCC(=O)OCC(COP(=O)(O)O)OC(=O)CC/C=C/C/C=C/CCCCCCCC. The minimum absolute atomic E-state index is 0.0928. The van der Waals surface area contributed by atoms with Crippen LogP contribution in [0, 0.1) is 0 Å². The first-order valence-corrected chi connectivity index (χ1v) is 17.8. The Morgan fingerprint density at radius 1 is 0.636 bits per heavy atom. The standard InChI is InChI=1S/C35H57O8P/c1-3-5-7-9-11-13-15-17-19-21-23-25-27-29-34(36)41-31-33(32-42-44(38,39)40)43-35(37)30-28-26-24-22-20-18-16-14-12-10-8-6-4-2/h5,7,9,11,13,15,17-20,24,26,33H,3-4,6,8,10,12,14,16,21-23,25,27-32H2,1-2H3,(H2,38,39,40)/b7-5+,11-9+,15-13+,19-17+,20-18+,26-24+. The first-order chi connectivity index (χ1) is 21.3. The lowest BCUT2D eigenvalue weighted by Gasteiger charge is -2.18. The third kappa shape index (κ3) is 32.4.